The van der Waals surface area contributed by atoms with Crippen molar-refractivity contribution >= 4 is 11.7 Å². The van der Waals surface area contributed by atoms with Crippen LogP contribution in [0.15, 0.2) is 48.7 Å². The molecule has 4 nitrogen and oxygen atoms in total. The Morgan fingerprint density at radius 3 is 2.68 bits per heavy atom. The van der Waals surface area contributed by atoms with Crippen molar-refractivity contribution in [3.8, 4) is 0 Å². The van der Waals surface area contributed by atoms with Gasteiger partial charge in [0.15, 0.2) is 5.78 Å². The summed E-state index contributed by atoms with van der Waals surface area (Å²) >= 11 is 0. The molecule has 0 spiro atoms. The molecule has 148 valence electrons. The highest BCUT2D eigenvalue weighted by atomic mass is 19.4. The van der Waals surface area contributed by atoms with Crippen molar-refractivity contribution in [1.29, 1.82) is 0 Å². The lowest BCUT2D eigenvalue weighted by atomic mass is 9.89. The molecular weight excluding hydrogens is 369 g/mol. The zero-order valence-corrected chi connectivity index (χ0v) is 15.3. The summed E-state index contributed by atoms with van der Waals surface area (Å²) in [5.74, 6) is -0.878. The lowest BCUT2D eigenvalue weighted by molar-refractivity contribution is -0.137. The predicted molar refractivity (Wildman–Crippen MR) is 97.6 cm³/mol. The molecular formula is C21H21F3N2O2. The fraction of sp³-hybridized carbons (Fsp3) is 0.381. The van der Waals surface area contributed by atoms with Crippen molar-refractivity contribution in [2.24, 2.45) is 5.92 Å². The van der Waals surface area contributed by atoms with Crippen molar-refractivity contribution in [2.45, 2.75) is 31.9 Å². The van der Waals surface area contributed by atoms with Crippen molar-refractivity contribution in [3.05, 3.63) is 65.5 Å². The maximum atomic E-state index is 12.9. The second-order valence-electron chi connectivity index (χ2n) is 6.94. The maximum absolute atomic E-state index is 12.9. The Hall–Kier alpha value is -2.70. The van der Waals surface area contributed by atoms with Crippen LogP contribution < -0.4 is 0 Å². The van der Waals surface area contributed by atoms with Gasteiger partial charge in [-0.3, -0.25) is 14.6 Å². The standard InChI is InChI=1S/C21H21F3N2O2/c22-21(23,24)17-7-3-5-15(13-17)20(28)16-6-4-12-26(14-16)19(27)10-9-18-8-1-2-11-25-18/h1-3,5,7-8,11,13,16H,4,6,9-10,12,14H2. The number of piperidine rings is 1. The smallest absolute Gasteiger partial charge is 0.342 e. The molecule has 1 atom stereocenters. The fourth-order valence-electron chi connectivity index (χ4n) is 3.44. The van der Waals surface area contributed by atoms with Gasteiger partial charge in [-0.1, -0.05) is 18.2 Å². The molecule has 1 aromatic carbocycles. The summed E-state index contributed by atoms with van der Waals surface area (Å²) in [5.41, 5.74) is 0.0320. The number of amides is 1. The van der Waals surface area contributed by atoms with E-state index in [9.17, 15) is 22.8 Å². The van der Waals surface area contributed by atoms with Gasteiger partial charge in [0.05, 0.1) is 5.56 Å². The Morgan fingerprint density at radius 2 is 1.96 bits per heavy atom. The molecule has 1 aliphatic heterocycles. The minimum Gasteiger partial charge on any atom is -0.342 e. The number of hydrogen-bond acceptors (Lipinski definition) is 3. The summed E-state index contributed by atoms with van der Waals surface area (Å²) < 4.78 is 38.7. The number of aryl methyl sites for hydroxylation is 1. The van der Waals surface area contributed by atoms with E-state index in [1.807, 2.05) is 12.1 Å². The molecule has 1 fully saturated rings. The summed E-state index contributed by atoms with van der Waals surface area (Å²) in [7, 11) is 0. The van der Waals surface area contributed by atoms with E-state index in [-0.39, 0.29) is 23.8 Å². The van der Waals surface area contributed by atoms with E-state index >= 15 is 0 Å². The van der Waals surface area contributed by atoms with Gasteiger partial charge in [-0.25, -0.2) is 0 Å². The maximum Gasteiger partial charge on any atom is 0.416 e. The van der Waals surface area contributed by atoms with E-state index < -0.39 is 17.7 Å². The van der Waals surface area contributed by atoms with E-state index in [0.29, 0.717) is 32.2 Å². The molecule has 3 rings (SSSR count). The third-order valence-electron chi connectivity index (χ3n) is 4.94. The van der Waals surface area contributed by atoms with Gasteiger partial charge in [-0.15, -0.1) is 0 Å². The van der Waals surface area contributed by atoms with Gasteiger partial charge < -0.3 is 4.90 Å². The zero-order valence-electron chi connectivity index (χ0n) is 15.3. The number of hydrogen-bond donors (Lipinski definition) is 0. The summed E-state index contributed by atoms with van der Waals surface area (Å²) in [4.78, 5) is 31.0. The molecule has 0 aliphatic carbocycles. The largest absolute Gasteiger partial charge is 0.416 e. The summed E-state index contributed by atoms with van der Waals surface area (Å²) in [6, 6.07) is 10.0. The molecule has 0 radical (unpaired) electrons. The zero-order chi connectivity index (χ0) is 20.1. The van der Waals surface area contributed by atoms with Gasteiger partial charge in [-0.2, -0.15) is 13.2 Å². The van der Waals surface area contributed by atoms with Crippen LogP contribution in [0.25, 0.3) is 0 Å². The Morgan fingerprint density at radius 1 is 1.14 bits per heavy atom. The fourth-order valence-corrected chi connectivity index (χ4v) is 3.44. The van der Waals surface area contributed by atoms with E-state index in [0.717, 1.165) is 17.8 Å². The highest BCUT2D eigenvalue weighted by molar-refractivity contribution is 5.98. The molecule has 28 heavy (non-hydrogen) atoms. The van der Waals surface area contributed by atoms with Crippen LogP contribution in [0.2, 0.25) is 0 Å². The first-order valence-electron chi connectivity index (χ1n) is 9.24. The van der Waals surface area contributed by atoms with Crippen molar-refractivity contribution < 1.29 is 22.8 Å². The third kappa shape index (κ3) is 4.97. The Balaban J connectivity index is 1.62. The lowest BCUT2D eigenvalue weighted by Crippen LogP contribution is -2.42. The number of likely N-dealkylation sites (tertiary alicyclic amines) is 1. The summed E-state index contributed by atoms with van der Waals surface area (Å²) in [6.07, 6.45) is -0.783. The monoisotopic (exact) mass is 390 g/mol. The molecule has 0 N–H and O–H groups in total. The highest BCUT2D eigenvalue weighted by Gasteiger charge is 2.33. The molecule has 1 saturated heterocycles. The third-order valence-corrected chi connectivity index (χ3v) is 4.94. The number of pyridine rings is 1. The van der Waals surface area contributed by atoms with Gasteiger partial charge in [0, 0.05) is 42.9 Å². The van der Waals surface area contributed by atoms with Gasteiger partial charge in [0.1, 0.15) is 0 Å². The Kier molecular flexibility index (Phi) is 6.11. The average Bonchev–Trinajstić information content (AvgIpc) is 2.72. The van der Waals surface area contributed by atoms with Crippen LogP contribution in [0.3, 0.4) is 0 Å². The number of halogens is 3. The first kappa shape index (κ1) is 20.0. The number of aromatic nitrogens is 1. The molecule has 2 aromatic rings. The van der Waals surface area contributed by atoms with Crippen molar-refractivity contribution in [3.63, 3.8) is 0 Å². The molecule has 1 aliphatic rings. The number of nitrogens with zero attached hydrogens (tertiary/aromatic N) is 2. The van der Waals surface area contributed by atoms with E-state index in [4.69, 9.17) is 0 Å². The van der Waals surface area contributed by atoms with E-state index in [2.05, 4.69) is 4.98 Å². The molecule has 0 bridgehead atoms. The van der Waals surface area contributed by atoms with Crippen molar-refractivity contribution in [2.75, 3.05) is 13.1 Å². The second kappa shape index (κ2) is 8.54. The number of ketones is 1. The second-order valence-corrected chi connectivity index (χ2v) is 6.94. The quantitative estimate of drug-likeness (QED) is 0.721. The highest BCUT2D eigenvalue weighted by Crippen LogP contribution is 2.30. The van der Waals surface area contributed by atoms with Crippen LogP contribution >= 0.6 is 0 Å². The predicted octanol–water partition coefficient (Wildman–Crippen LogP) is 4.15. The molecule has 0 saturated carbocycles. The van der Waals surface area contributed by atoms with Gasteiger partial charge >= 0.3 is 6.18 Å². The first-order chi connectivity index (χ1) is 13.3. The SMILES string of the molecule is O=C(c1cccc(C(F)(F)F)c1)C1CCCN(C(=O)CCc2ccccn2)C1. The topological polar surface area (TPSA) is 50.3 Å². The molecule has 1 unspecified atom stereocenters. The van der Waals surface area contributed by atoms with Crippen LogP contribution in [0.5, 0.6) is 0 Å². The molecule has 2 heterocycles. The van der Waals surface area contributed by atoms with Crippen LogP contribution in [-0.4, -0.2) is 34.7 Å². The molecule has 1 amide bonds. The minimum absolute atomic E-state index is 0.0441. The Labute approximate surface area is 161 Å². The van der Waals surface area contributed by atoms with Crippen molar-refractivity contribution in [1.82, 2.24) is 9.88 Å². The van der Waals surface area contributed by atoms with Crippen LogP contribution in [0.1, 0.15) is 40.9 Å². The van der Waals surface area contributed by atoms with E-state index in [1.54, 1.807) is 17.2 Å². The molecule has 1 aromatic heterocycles. The number of benzene rings is 1. The van der Waals surface area contributed by atoms with Crippen LogP contribution in [-0.2, 0) is 17.4 Å². The number of carbonyl (C=O) groups is 2. The number of carbonyl (C=O) groups excluding carboxylic acids is 2. The van der Waals surface area contributed by atoms with E-state index in [1.165, 1.54) is 12.1 Å². The first-order valence-corrected chi connectivity index (χ1v) is 9.24. The summed E-state index contributed by atoms with van der Waals surface area (Å²) in [6.45, 7) is 0.809. The number of Topliss-reactive ketones (excluding diaryl/α,β-unsaturated/α-hetero) is 1. The minimum atomic E-state index is -4.49. The average molecular weight is 390 g/mol. The normalized spacial score (nSPS) is 17.4. The molecule has 7 heteroatoms. The van der Waals surface area contributed by atoms with Gasteiger partial charge in [0.25, 0.3) is 0 Å². The van der Waals surface area contributed by atoms with Gasteiger partial charge in [0.2, 0.25) is 5.91 Å². The number of rotatable bonds is 5. The lowest BCUT2D eigenvalue weighted by Gasteiger charge is -2.32. The Bertz CT molecular complexity index is 837. The van der Waals surface area contributed by atoms with Crippen LogP contribution in [0.4, 0.5) is 13.2 Å². The van der Waals surface area contributed by atoms with Gasteiger partial charge in [-0.05, 0) is 43.5 Å². The van der Waals surface area contributed by atoms with Crippen LogP contribution in [0, 0.1) is 5.92 Å². The number of alkyl halides is 3. The summed E-state index contributed by atoms with van der Waals surface area (Å²) in [5, 5.41) is 0.